The van der Waals surface area contributed by atoms with E-state index in [-0.39, 0.29) is 6.61 Å². The maximum Gasteiger partial charge on any atom is 0.0824 e. The zero-order chi connectivity index (χ0) is 8.69. The predicted molar refractivity (Wildman–Crippen MR) is 48.0 cm³/mol. The first-order valence-electron chi connectivity index (χ1n) is 4.75. The molecule has 0 aromatic heterocycles. The third-order valence-electron chi connectivity index (χ3n) is 2.09. The Labute approximate surface area is 70.8 Å². The highest BCUT2D eigenvalue weighted by Gasteiger charge is 2.01. The van der Waals surface area contributed by atoms with E-state index in [0.717, 1.165) is 12.3 Å². The molecule has 0 aromatic carbocycles. The monoisotopic (exact) mass is 157 g/mol. The quantitative estimate of drug-likeness (QED) is 0.564. The van der Waals surface area contributed by atoms with Crippen LogP contribution in [0.3, 0.4) is 0 Å². The summed E-state index contributed by atoms with van der Waals surface area (Å²) in [6.45, 7) is 6.78. The van der Waals surface area contributed by atoms with E-state index in [1.165, 1.54) is 19.3 Å². The van der Waals surface area contributed by atoms with E-state index in [1.807, 2.05) is 0 Å². The lowest BCUT2D eigenvalue weighted by atomic mass is 9.98. The van der Waals surface area contributed by atoms with Crippen LogP contribution in [-0.2, 0) is 5.11 Å². The highest BCUT2D eigenvalue weighted by molar-refractivity contribution is 4.54. The van der Waals surface area contributed by atoms with E-state index in [4.69, 9.17) is 0 Å². The van der Waals surface area contributed by atoms with Crippen molar-refractivity contribution in [1.82, 2.24) is 0 Å². The minimum absolute atomic E-state index is 0.100. The van der Waals surface area contributed by atoms with Crippen molar-refractivity contribution in [2.45, 2.75) is 46.5 Å². The highest BCUT2D eigenvalue weighted by Crippen LogP contribution is 2.14. The molecule has 0 aliphatic carbocycles. The SMILES string of the molecule is CC(C)CCCC(C)CC[O]. The fraction of sp³-hybridized carbons (Fsp3) is 1.00. The van der Waals surface area contributed by atoms with Crippen molar-refractivity contribution >= 4 is 0 Å². The van der Waals surface area contributed by atoms with Crippen molar-refractivity contribution in [3.05, 3.63) is 0 Å². The van der Waals surface area contributed by atoms with Gasteiger partial charge in [0.1, 0.15) is 0 Å². The third-order valence-corrected chi connectivity index (χ3v) is 2.09. The van der Waals surface area contributed by atoms with Crippen LogP contribution in [0.25, 0.3) is 0 Å². The second kappa shape index (κ2) is 6.66. The zero-order valence-electron chi connectivity index (χ0n) is 8.10. The largest absolute Gasteiger partial charge is 0.237 e. The maximum atomic E-state index is 10.2. The van der Waals surface area contributed by atoms with Crippen LogP contribution in [0.1, 0.15) is 46.5 Å². The predicted octanol–water partition coefficient (Wildman–Crippen LogP) is 3.27. The maximum absolute atomic E-state index is 10.2. The molecule has 0 heterocycles. The summed E-state index contributed by atoms with van der Waals surface area (Å²) in [5.41, 5.74) is 0. The Morgan fingerprint density at radius 3 is 2.09 bits per heavy atom. The lowest BCUT2D eigenvalue weighted by Crippen LogP contribution is -1.98. The van der Waals surface area contributed by atoms with Gasteiger partial charge in [-0.15, -0.1) is 0 Å². The van der Waals surface area contributed by atoms with Crippen molar-refractivity contribution in [3.63, 3.8) is 0 Å². The summed E-state index contributed by atoms with van der Waals surface area (Å²) >= 11 is 0. The second-order valence-electron chi connectivity index (χ2n) is 3.92. The summed E-state index contributed by atoms with van der Waals surface area (Å²) in [6.07, 6.45) is 4.69. The van der Waals surface area contributed by atoms with Crippen LogP contribution >= 0.6 is 0 Å². The molecule has 1 unspecified atom stereocenters. The van der Waals surface area contributed by atoms with Gasteiger partial charge in [0, 0.05) is 0 Å². The van der Waals surface area contributed by atoms with Gasteiger partial charge in [0.2, 0.25) is 0 Å². The van der Waals surface area contributed by atoms with Gasteiger partial charge in [0.15, 0.2) is 0 Å². The Morgan fingerprint density at radius 2 is 1.64 bits per heavy atom. The van der Waals surface area contributed by atoms with Crippen molar-refractivity contribution in [2.75, 3.05) is 6.61 Å². The molecule has 0 bridgehead atoms. The molecule has 1 nitrogen and oxygen atoms in total. The number of hydrogen-bond donors (Lipinski definition) is 0. The molecule has 0 saturated heterocycles. The van der Waals surface area contributed by atoms with E-state index < -0.39 is 0 Å². The first-order valence-corrected chi connectivity index (χ1v) is 4.75. The van der Waals surface area contributed by atoms with Gasteiger partial charge in [0.05, 0.1) is 6.61 Å². The van der Waals surface area contributed by atoms with Crippen molar-refractivity contribution in [1.29, 1.82) is 0 Å². The van der Waals surface area contributed by atoms with Crippen LogP contribution < -0.4 is 0 Å². The van der Waals surface area contributed by atoms with Crippen LogP contribution in [0.2, 0.25) is 0 Å². The van der Waals surface area contributed by atoms with Crippen LogP contribution in [0.15, 0.2) is 0 Å². The van der Waals surface area contributed by atoms with Crippen molar-refractivity contribution < 1.29 is 5.11 Å². The molecule has 1 heteroatoms. The Kier molecular flexibility index (Phi) is 6.63. The Balaban J connectivity index is 3.10. The fourth-order valence-corrected chi connectivity index (χ4v) is 1.22. The van der Waals surface area contributed by atoms with E-state index in [0.29, 0.717) is 5.92 Å². The van der Waals surface area contributed by atoms with Gasteiger partial charge in [-0.2, -0.15) is 0 Å². The summed E-state index contributed by atoms with van der Waals surface area (Å²) in [4.78, 5) is 0. The van der Waals surface area contributed by atoms with E-state index in [1.54, 1.807) is 0 Å². The molecule has 0 saturated carbocycles. The average molecular weight is 157 g/mol. The smallest absolute Gasteiger partial charge is 0.0824 e. The molecule has 67 valence electrons. The molecule has 1 atom stereocenters. The lowest BCUT2D eigenvalue weighted by Gasteiger charge is -2.09. The van der Waals surface area contributed by atoms with Crippen LogP contribution in [0.5, 0.6) is 0 Å². The molecule has 11 heavy (non-hydrogen) atoms. The molecule has 0 spiro atoms. The standard InChI is InChI=1S/C10H21O/c1-9(2)5-4-6-10(3)7-8-11/h9-10H,4-8H2,1-3H3. The Bertz CT molecular complexity index is 78.9. The van der Waals surface area contributed by atoms with Gasteiger partial charge in [-0.25, -0.2) is 5.11 Å². The Morgan fingerprint density at radius 1 is 1.00 bits per heavy atom. The first-order chi connectivity index (χ1) is 5.16. The molecule has 0 aromatic rings. The molecular formula is C10H21O. The average Bonchev–Trinajstić information content (AvgIpc) is 1.87. The molecule has 1 radical (unpaired) electrons. The van der Waals surface area contributed by atoms with Crippen molar-refractivity contribution in [2.24, 2.45) is 11.8 Å². The number of rotatable bonds is 6. The zero-order valence-corrected chi connectivity index (χ0v) is 8.10. The summed E-state index contributed by atoms with van der Waals surface area (Å²) in [7, 11) is 0. The summed E-state index contributed by atoms with van der Waals surface area (Å²) in [5.74, 6) is 1.46. The molecule has 0 aliphatic heterocycles. The number of hydrogen-bond acceptors (Lipinski definition) is 0. The normalized spacial score (nSPS) is 13.9. The third kappa shape index (κ3) is 7.86. The highest BCUT2D eigenvalue weighted by atomic mass is 16.2. The van der Waals surface area contributed by atoms with Crippen molar-refractivity contribution in [3.8, 4) is 0 Å². The summed E-state index contributed by atoms with van der Waals surface area (Å²) < 4.78 is 0. The van der Waals surface area contributed by atoms with E-state index in [9.17, 15) is 5.11 Å². The lowest BCUT2D eigenvalue weighted by molar-refractivity contribution is 0.170. The fourth-order valence-electron chi connectivity index (χ4n) is 1.22. The van der Waals surface area contributed by atoms with Crippen LogP contribution in [0, 0.1) is 11.8 Å². The van der Waals surface area contributed by atoms with Gasteiger partial charge >= 0.3 is 0 Å². The Hall–Kier alpha value is -0.0400. The van der Waals surface area contributed by atoms with Gasteiger partial charge in [-0.05, 0) is 18.3 Å². The van der Waals surface area contributed by atoms with Gasteiger partial charge in [-0.3, -0.25) is 0 Å². The van der Waals surface area contributed by atoms with Crippen LogP contribution in [0.4, 0.5) is 0 Å². The molecule has 0 fully saturated rings. The van der Waals surface area contributed by atoms with Gasteiger partial charge in [-0.1, -0.05) is 40.0 Å². The molecule has 0 N–H and O–H groups in total. The topological polar surface area (TPSA) is 19.9 Å². The van der Waals surface area contributed by atoms with E-state index >= 15 is 0 Å². The second-order valence-corrected chi connectivity index (χ2v) is 3.92. The molecule has 0 rings (SSSR count). The summed E-state index contributed by atoms with van der Waals surface area (Å²) in [5, 5.41) is 10.2. The minimum Gasteiger partial charge on any atom is -0.237 e. The van der Waals surface area contributed by atoms with Crippen LogP contribution in [-0.4, -0.2) is 6.61 Å². The molecular weight excluding hydrogens is 136 g/mol. The van der Waals surface area contributed by atoms with Gasteiger partial charge in [0.25, 0.3) is 0 Å². The van der Waals surface area contributed by atoms with E-state index in [2.05, 4.69) is 20.8 Å². The van der Waals surface area contributed by atoms with Gasteiger partial charge < -0.3 is 0 Å². The summed E-state index contributed by atoms with van der Waals surface area (Å²) in [6, 6.07) is 0. The molecule has 0 amide bonds. The first kappa shape index (κ1) is 11.0. The molecule has 0 aliphatic rings. The minimum atomic E-state index is 0.100.